The quantitative estimate of drug-likeness (QED) is 0.0215. The van der Waals surface area contributed by atoms with E-state index in [1.807, 2.05) is 0 Å². The summed E-state index contributed by atoms with van der Waals surface area (Å²) in [7, 11) is 0. The number of aliphatic hydroxyl groups is 7. The second-order valence-corrected chi connectivity index (χ2v) is 21.7. The van der Waals surface area contributed by atoms with Gasteiger partial charge in [-0.3, -0.25) is 4.79 Å². The standard InChI is InChI=1S/C63H117NO10/c1-3-5-7-9-11-13-15-17-19-20-21-22-23-24-25-26-27-28-29-30-31-32-33-34-35-37-38-40-42-44-46-48-50-55(66)58(68)54(53-73-63-61(71)60(70)59(69)57(52-65)74-63)64-62(72)56(67)51-49-47-45-43-41-39-36-18-16-14-12-10-8-6-4-2/h31-32,35-37,39,42,44,54-61,63,65-71H,3-30,33-34,38,40-41,43,45-53H2,1-2H3,(H,64,72)/b32-31+,37-35+,39-36-,44-42+. The van der Waals surface area contributed by atoms with Crippen LogP contribution in [0.3, 0.4) is 0 Å². The number of aliphatic hydroxyl groups excluding tert-OH is 7. The van der Waals surface area contributed by atoms with Crippen molar-refractivity contribution in [3.8, 4) is 0 Å². The maximum absolute atomic E-state index is 13.2. The van der Waals surface area contributed by atoms with Crippen LogP contribution in [0.5, 0.6) is 0 Å². The van der Waals surface area contributed by atoms with E-state index in [9.17, 15) is 40.5 Å². The Balaban J connectivity index is 2.27. The van der Waals surface area contributed by atoms with Gasteiger partial charge in [-0.2, -0.15) is 0 Å². The lowest BCUT2D eigenvalue weighted by Crippen LogP contribution is -2.60. The molecule has 1 rings (SSSR count). The number of unbranched alkanes of at least 4 members (excludes halogenated alkanes) is 33. The van der Waals surface area contributed by atoms with Crippen LogP contribution in [0.2, 0.25) is 0 Å². The van der Waals surface area contributed by atoms with E-state index >= 15 is 0 Å². The third-order valence-electron chi connectivity index (χ3n) is 14.8. The van der Waals surface area contributed by atoms with Gasteiger partial charge >= 0.3 is 0 Å². The van der Waals surface area contributed by atoms with Gasteiger partial charge < -0.3 is 50.5 Å². The van der Waals surface area contributed by atoms with E-state index in [0.29, 0.717) is 19.3 Å². The molecule has 9 unspecified atom stereocenters. The molecule has 1 amide bonds. The van der Waals surface area contributed by atoms with Crippen molar-refractivity contribution >= 4 is 5.91 Å². The van der Waals surface area contributed by atoms with Crippen LogP contribution in [0.4, 0.5) is 0 Å². The molecular formula is C63H117NO10. The van der Waals surface area contributed by atoms with Gasteiger partial charge in [0, 0.05) is 0 Å². The highest BCUT2D eigenvalue weighted by Gasteiger charge is 2.44. The molecule has 8 N–H and O–H groups in total. The summed E-state index contributed by atoms with van der Waals surface area (Å²) < 4.78 is 11.1. The molecule has 1 aliphatic heterocycles. The third kappa shape index (κ3) is 39.4. The van der Waals surface area contributed by atoms with E-state index in [0.717, 1.165) is 57.8 Å². The first kappa shape index (κ1) is 70.1. The van der Waals surface area contributed by atoms with E-state index in [4.69, 9.17) is 9.47 Å². The zero-order chi connectivity index (χ0) is 54.0. The first-order valence-corrected chi connectivity index (χ1v) is 31.0. The number of rotatable bonds is 53. The average molecular weight is 1050 g/mol. The number of nitrogens with one attached hydrogen (secondary N) is 1. The summed E-state index contributed by atoms with van der Waals surface area (Å²) >= 11 is 0. The van der Waals surface area contributed by atoms with Crippen molar-refractivity contribution in [3.63, 3.8) is 0 Å². The largest absolute Gasteiger partial charge is 0.394 e. The molecule has 9 atom stereocenters. The number of hydrogen-bond donors (Lipinski definition) is 8. The molecule has 0 radical (unpaired) electrons. The Morgan fingerprint density at radius 2 is 0.811 bits per heavy atom. The SMILES string of the molecule is CCCCCCCCC/C=C\CCCCCCC(O)C(=O)NC(COC1OC(CO)C(O)C(O)C1O)C(O)C(O)CCC/C=C/CC/C=C/CC/C=C/CCCCCCCCCCCCCCCCCCCCC. The van der Waals surface area contributed by atoms with Crippen LogP contribution in [0.25, 0.3) is 0 Å². The van der Waals surface area contributed by atoms with E-state index < -0.39 is 74.2 Å². The predicted molar refractivity (Wildman–Crippen MR) is 307 cm³/mol. The minimum absolute atomic E-state index is 0.234. The molecule has 11 nitrogen and oxygen atoms in total. The number of carbonyl (C=O) groups is 1. The predicted octanol–water partition coefficient (Wildman–Crippen LogP) is 13.6. The first-order valence-electron chi connectivity index (χ1n) is 31.0. The van der Waals surface area contributed by atoms with Crippen molar-refractivity contribution in [3.05, 3.63) is 48.6 Å². The van der Waals surface area contributed by atoms with Crippen molar-refractivity contribution in [1.82, 2.24) is 5.32 Å². The Kier molecular flexibility index (Phi) is 49.1. The van der Waals surface area contributed by atoms with Gasteiger partial charge in [-0.15, -0.1) is 0 Å². The zero-order valence-corrected chi connectivity index (χ0v) is 47.6. The lowest BCUT2D eigenvalue weighted by atomic mass is 9.98. The van der Waals surface area contributed by atoms with Crippen LogP contribution in [0.15, 0.2) is 48.6 Å². The molecule has 1 fully saturated rings. The number of carbonyl (C=O) groups excluding carboxylic acids is 1. The topological polar surface area (TPSA) is 189 Å². The van der Waals surface area contributed by atoms with Gasteiger partial charge in [0.2, 0.25) is 5.91 Å². The Morgan fingerprint density at radius 1 is 0.459 bits per heavy atom. The molecule has 0 aromatic rings. The van der Waals surface area contributed by atoms with Gasteiger partial charge in [0.15, 0.2) is 6.29 Å². The van der Waals surface area contributed by atoms with E-state index in [-0.39, 0.29) is 12.8 Å². The molecule has 0 saturated carbocycles. The van der Waals surface area contributed by atoms with Gasteiger partial charge in [-0.25, -0.2) is 0 Å². The molecule has 1 saturated heterocycles. The molecule has 0 aromatic carbocycles. The van der Waals surface area contributed by atoms with Gasteiger partial charge in [-0.05, 0) is 89.9 Å². The van der Waals surface area contributed by atoms with E-state index in [2.05, 4.69) is 67.8 Å². The fourth-order valence-corrected chi connectivity index (χ4v) is 9.76. The molecule has 11 heteroatoms. The molecule has 0 aliphatic carbocycles. The molecule has 74 heavy (non-hydrogen) atoms. The van der Waals surface area contributed by atoms with Crippen molar-refractivity contribution in [2.24, 2.45) is 0 Å². The molecule has 0 spiro atoms. The number of ether oxygens (including phenoxy) is 2. The minimum Gasteiger partial charge on any atom is -0.394 e. The second-order valence-electron chi connectivity index (χ2n) is 21.7. The van der Waals surface area contributed by atoms with Crippen LogP contribution < -0.4 is 5.32 Å². The van der Waals surface area contributed by atoms with Gasteiger partial charge in [0.05, 0.1) is 25.4 Å². The summed E-state index contributed by atoms with van der Waals surface area (Å²) in [6, 6.07) is -1.20. The number of hydrogen-bond acceptors (Lipinski definition) is 10. The Labute approximate surface area is 453 Å². The lowest BCUT2D eigenvalue weighted by Gasteiger charge is -2.40. The van der Waals surface area contributed by atoms with Gasteiger partial charge in [-0.1, -0.05) is 236 Å². The second kappa shape index (κ2) is 51.8. The Bertz CT molecular complexity index is 1340. The van der Waals surface area contributed by atoms with Crippen molar-refractivity contribution in [1.29, 1.82) is 0 Å². The summed E-state index contributed by atoms with van der Waals surface area (Å²) in [6.07, 6.45) is 54.8. The molecule has 1 aliphatic rings. The fourth-order valence-electron chi connectivity index (χ4n) is 9.76. The third-order valence-corrected chi connectivity index (χ3v) is 14.8. The van der Waals surface area contributed by atoms with Crippen LogP contribution >= 0.6 is 0 Å². The normalized spacial score (nSPS) is 20.1. The maximum atomic E-state index is 13.2. The van der Waals surface area contributed by atoms with Crippen molar-refractivity contribution in [2.75, 3.05) is 13.2 Å². The number of allylic oxidation sites excluding steroid dienone is 8. The summed E-state index contributed by atoms with van der Waals surface area (Å²) in [4.78, 5) is 13.2. The van der Waals surface area contributed by atoms with Crippen LogP contribution in [-0.4, -0.2) is 110 Å². The molecular weight excluding hydrogens is 931 g/mol. The van der Waals surface area contributed by atoms with Gasteiger partial charge in [0.25, 0.3) is 0 Å². The Morgan fingerprint density at radius 3 is 1.20 bits per heavy atom. The van der Waals surface area contributed by atoms with Crippen LogP contribution in [-0.2, 0) is 14.3 Å². The molecule has 0 aromatic heterocycles. The van der Waals surface area contributed by atoms with Crippen molar-refractivity contribution in [2.45, 2.75) is 332 Å². The fraction of sp³-hybridized carbons (Fsp3) is 0.857. The molecule has 1 heterocycles. The summed E-state index contributed by atoms with van der Waals surface area (Å²) in [6.45, 7) is 3.44. The smallest absolute Gasteiger partial charge is 0.249 e. The number of amides is 1. The highest BCUT2D eigenvalue weighted by molar-refractivity contribution is 5.80. The van der Waals surface area contributed by atoms with Crippen LogP contribution in [0.1, 0.15) is 277 Å². The summed E-state index contributed by atoms with van der Waals surface area (Å²) in [5, 5.41) is 76.1. The van der Waals surface area contributed by atoms with Gasteiger partial charge in [0.1, 0.15) is 36.6 Å². The Hall–Kier alpha value is -1.93. The van der Waals surface area contributed by atoms with Crippen LogP contribution in [0, 0.1) is 0 Å². The maximum Gasteiger partial charge on any atom is 0.249 e. The van der Waals surface area contributed by atoms with E-state index in [1.54, 1.807) is 0 Å². The zero-order valence-electron chi connectivity index (χ0n) is 47.6. The highest BCUT2D eigenvalue weighted by atomic mass is 16.7. The summed E-state index contributed by atoms with van der Waals surface area (Å²) in [5.74, 6) is -0.721. The molecule has 434 valence electrons. The molecule has 0 bridgehead atoms. The summed E-state index contributed by atoms with van der Waals surface area (Å²) in [5.41, 5.74) is 0. The monoisotopic (exact) mass is 1050 g/mol. The minimum atomic E-state index is -1.68. The average Bonchev–Trinajstić information content (AvgIpc) is 3.40. The highest BCUT2D eigenvalue weighted by Crippen LogP contribution is 2.23. The lowest BCUT2D eigenvalue weighted by molar-refractivity contribution is -0.303. The van der Waals surface area contributed by atoms with E-state index in [1.165, 1.54) is 173 Å². The van der Waals surface area contributed by atoms with Crippen molar-refractivity contribution < 1.29 is 50.0 Å². The first-order chi connectivity index (χ1) is 36.2.